The van der Waals surface area contributed by atoms with Gasteiger partial charge in [-0.25, -0.2) is 8.78 Å². The van der Waals surface area contributed by atoms with E-state index in [1.54, 1.807) is 13.8 Å². The fourth-order valence-electron chi connectivity index (χ4n) is 1.10. The summed E-state index contributed by atoms with van der Waals surface area (Å²) in [5.41, 5.74) is 5.79. The molecule has 0 amide bonds. The Balaban J connectivity index is 3.33. The molecule has 1 atom stereocenters. The first-order valence-electron chi connectivity index (χ1n) is 3.74. The van der Waals surface area contributed by atoms with Crippen molar-refractivity contribution >= 4 is 0 Å². The van der Waals surface area contributed by atoms with Gasteiger partial charge in [0.05, 0.1) is 0 Å². The highest BCUT2D eigenvalue weighted by molar-refractivity contribution is 5.28. The van der Waals surface area contributed by atoms with Crippen molar-refractivity contribution in [2.45, 2.75) is 19.9 Å². The van der Waals surface area contributed by atoms with Crippen LogP contribution in [0.25, 0.3) is 0 Å². The third-order valence-electron chi connectivity index (χ3n) is 1.77. The van der Waals surface area contributed by atoms with Crippen LogP contribution in [0, 0.1) is 18.6 Å². The molecule has 0 fully saturated rings. The number of hydrogen-bond acceptors (Lipinski definition) is 1. The Morgan fingerprint density at radius 3 is 2.33 bits per heavy atom. The molecule has 0 saturated heterocycles. The monoisotopic (exact) mass is 171 g/mol. The Kier molecular flexibility index (Phi) is 2.43. The van der Waals surface area contributed by atoms with E-state index in [9.17, 15) is 8.78 Å². The molecular formula is C9H11F2N. The van der Waals surface area contributed by atoms with Crippen molar-refractivity contribution in [2.75, 3.05) is 0 Å². The maximum absolute atomic E-state index is 13.2. The lowest BCUT2D eigenvalue weighted by atomic mass is 10.0. The van der Waals surface area contributed by atoms with Crippen molar-refractivity contribution in [3.63, 3.8) is 0 Å². The smallest absolute Gasteiger partial charge is 0.133 e. The molecule has 0 aliphatic carbocycles. The lowest BCUT2D eigenvalue weighted by Crippen LogP contribution is -2.10. The highest BCUT2D eigenvalue weighted by Gasteiger charge is 2.14. The number of benzene rings is 1. The van der Waals surface area contributed by atoms with Crippen LogP contribution >= 0.6 is 0 Å². The Morgan fingerprint density at radius 1 is 1.33 bits per heavy atom. The summed E-state index contributed by atoms with van der Waals surface area (Å²) >= 11 is 0. The van der Waals surface area contributed by atoms with Gasteiger partial charge in [-0.1, -0.05) is 6.07 Å². The van der Waals surface area contributed by atoms with Gasteiger partial charge in [0.1, 0.15) is 11.6 Å². The maximum atomic E-state index is 13.2. The van der Waals surface area contributed by atoms with Crippen LogP contribution < -0.4 is 5.73 Å². The van der Waals surface area contributed by atoms with Crippen LogP contribution in [0.2, 0.25) is 0 Å². The van der Waals surface area contributed by atoms with Crippen LogP contribution in [0.1, 0.15) is 24.1 Å². The third-order valence-corrected chi connectivity index (χ3v) is 1.77. The van der Waals surface area contributed by atoms with Crippen molar-refractivity contribution in [1.82, 2.24) is 0 Å². The minimum absolute atomic E-state index is 0.0324. The molecule has 1 rings (SSSR count). The van der Waals surface area contributed by atoms with Gasteiger partial charge in [-0.3, -0.25) is 0 Å². The molecule has 1 aromatic rings. The molecule has 1 nitrogen and oxygen atoms in total. The average Bonchev–Trinajstić information content (AvgIpc) is 1.97. The van der Waals surface area contributed by atoms with E-state index in [1.807, 2.05) is 0 Å². The van der Waals surface area contributed by atoms with E-state index in [4.69, 9.17) is 5.73 Å². The quantitative estimate of drug-likeness (QED) is 0.689. The zero-order chi connectivity index (χ0) is 9.30. The summed E-state index contributed by atoms with van der Waals surface area (Å²) in [5.74, 6) is -1.11. The first kappa shape index (κ1) is 9.13. The Labute approximate surface area is 70.2 Å². The number of hydrogen-bond donors (Lipinski definition) is 1. The molecule has 0 bridgehead atoms. The van der Waals surface area contributed by atoms with Gasteiger partial charge in [0.25, 0.3) is 0 Å². The predicted molar refractivity (Wildman–Crippen MR) is 43.7 cm³/mol. The molecule has 0 spiro atoms. The SMILES string of the molecule is Cc1ccc(F)c([C@@H](C)N)c1F. The van der Waals surface area contributed by atoms with Crippen molar-refractivity contribution < 1.29 is 8.78 Å². The van der Waals surface area contributed by atoms with Crippen LogP contribution in [0.3, 0.4) is 0 Å². The fourth-order valence-corrected chi connectivity index (χ4v) is 1.10. The van der Waals surface area contributed by atoms with E-state index < -0.39 is 17.7 Å². The first-order valence-corrected chi connectivity index (χ1v) is 3.74. The van der Waals surface area contributed by atoms with Gasteiger partial charge >= 0.3 is 0 Å². The second kappa shape index (κ2) is 3.19. The zero-order valence-corrected chi connectivity index (χ0v) is 7.07. The van der Waals surface area contributed by atoms with Gasteiger partial charge in [-0.15, -0.1) is 0 Å². The molecule has 12 heavy (non-hydrogen) atoms. The van der Waals surface area contributed by atoms with Crippen molar-refractivity contribution in [2.24, 2.45) is 5.73 Å². The highest BCUT2D eigenvalue weighted by atomic mass is 19.1. The summed E-state index contributed by atoms with van der Waals surface area (Å²) in [5, 5.41) is 0. The summed E-state index contributed by atoms with van der Waals surface area (Å²) in [7, 11) is 0. The largest absolute Gasteiger partial charge is 0.324 e. The normalized spacial score (nSPS) is 13.1. The van der Waals surface area contributed by atoms with Gasteiger partial charge in [0.15, 0.2) is 0 Å². The highest BCUT2D eigenvalue weighted by Crippen LogP contribution is 2.20. The summed E-state index contributed by atoms with van der Waals surface area (Å²) in [6.07, 6.45) is 0. The maximum Gasteiger partial charge on any atom is 0.133 e. The fraction of sp³-hybridized carbons (Fsp3) is 0.333. The number of halogens is 2. The van der Waals surface area contributed by atoms with Gasteiger partial charge < -0.3 is 5.73 Å². The van der Waals surface area contributed by atoms with Gasteiger partial charge in [0.2, 0.25) is 0 Å². The molecule has 0 heterocycles. The lowest BCUT2D eigenvalue weighted by molar-refractivity contribution is 0.532. The standard InChI is InChI=1S/C9H11F2N/c1-5-3-4-7(10)8(6(2)12)9(5)11/h3-4,6H,12H2,1-2H3/t6-/m1/s1. The zero-order valence-electron chi connectivity index (χ0n) is 7.07. The average molecular weight is 171 g/mol. The molecule has 66 valence electrons. The predicted octanol–water partition coefficient (Wildman–Crippen LogP) is 2.29. The Bertz CT molecular complexity index is 295. The van der Waals surface area contributed by atoms with Crippen LogP contribution in [0.5, 0.6) is 0 Å². The Morgan fingerprint density at radius 2 is 1.92 bits per heavy atom. The van der Waals surface area contributed by atoms with Crippen molar-refractivity contribution in [1.29, 1.82) is 0 Å². The molecule has 3 heteroatoms. The van der Waals surface area contributed by atoms with Gasteiger partial charge in [-0.05, 0) is 25.5 Å². The number of rotatable bonds is 1. The van der Waals surface area contributed by atoms with Crippen LogP contribution in [-0.2, 0) is 0 Å². The van der Waals surface area contributed by atoms with E-state index >= 15 is 0 Å². The second-order valence-electron chi connectivity index (χ2n) is 2.88. The molecule has 1 aromatic carbocycles. The van der Waals surface area contributed by atoms with E-state index in [2.05, 4.69) is 0 Å². The van der Waals surface area contributed by atoms with Gasteiger partial charge in [0, 0.05) is 11.6 Å². The molecule has 0 saturated carbocycles. The van der Waals surface area contributed by atoms with E-state index in [1.165, 1.54) is 12.1 Å². The first-order chi connectivity index (χ1) is 5.54. The minimum Gasteiger partial charge on any atom is -0.324 e. The minimum atomic E-state index is -0.607. The van der Waals surface area contributed by atoms with E-state index in [0.29, 0.717) is 5.56 Å². The van der Waals surface area contributed by atoms with Crippen molar-refractivity contribution in [3.8, 4) is 0 Å². The molecular weight excluding hydrogens is 160 g/mol. The number of aryl methyl sites for hydroxylation is 1. The summed E-state index contributed by atoms with van der Waals surface area (Å²) < 4.78 is 26.2. The second-order valence-corrected chi connectivity index (χ2v) is 2.88. The van der Waals surface area contributed by atoms with Gasteiger partial charge in [-0.2, -0.15) is 0 Å². The van der Waals surface area contributed by atoms with E-state index in [-0.39, 0.29) is 5.56 Å². The number of nitrogens with two attached hydrogens (primary N) is 1. The molecule has 0 unspecified atom stereocenters. The van der Waals surface area contributed by atoms with E-state index in [0.717, 1.165) is 0 Å². The van der Waals surface area contributed by atoms with Crippen LogP contribution in [-0.4, -0.2) is 0 Å². The molecule has 2 N–H and O–H groups in total. The third kappa shape index (κ3) is 1.46. The topological polar surface area (TPSA) is 26.0 Å². The molecule has 0 aliphatic heterocycles. The van der Waals surface area contributed by atoms with Crippen molar-refractivity contribution in [3.05, 3.63) is 34.9 Å². The molecule has 0 aromatic heterocycles. The molecule has 0 aliphatic rings. The lowest BCUT2D eigenvalue weighted by Gasteiger charge is -2.09. The van der Waals surface area contributed by atoms with Crippen LogP contribution in [0.4, 0.5) is 8.78 Å². The summed E-state index contributed by atoms with van der Waals surface area (Å²) in [6, 6.07) is 2.03. The molecule has 0 radical (unpaired) electrons. The summed E-state index contributed by atoms with van der Waals surface area (Å²) in [6.45, 7) is 3.14. The summed E-state index contributed by atoms with van der Waals surface area (Å²) in [4.78, 5) is 0. The van der Waals surface area contributed by atoms with Crippen LogP contribution in [0.15, 0.2) is 12.1 Å². The Hall–Kier alpha value is -0.960.